The number of nitrogens with zero attached hydrogens (tertiary/aromatic N) is 2. The molecule has 9 heteroatoms. The average molecular weight is 354 g/mol. The van der Waals surface area contributed by atoms with Gasteiger partial charge in [0.1, 0.15) is 5.56 Å². The highest BCUT2D eigenvalue weighted by Crippen LogP contribution is 2.36. The van der Waals surface area contributed by atoms with Gasteiger partial charge in [0.25, 0.3) is 11.6 Å². The van der Waals surface area contributed by atoms with Crippen LogP contribution >= 0.6 is 0 Å². The molecule has 2 rings (SSSR count). The third-order valence-corrected chi connectivity index (χ3v) is 4.27. The molecule has 1 fully saturated rings. The summed E-state index contributed by atoms with van der Waals surface area (Å²) in [7, 11) is 5.77. The molecule has 1 saturated heterocycles. The number of ether oxygens (including phenoxy) is 4. The molecule has 1 aliphatic heterocycles. The molecule has 1 heterocycles. The van der Waals surface area contributed by atoms with Crippen molar-refractivity contribution in [1.82, 2.24) is 4.90 Å². The van der Waals surface area contributed by atoms with E-state index >= 15 is 0 Å². The monoisotopic (exact) mass is 354 g/mol. The molecule has 138 valence electrons. The van der Waals surface area contributed by atoms with Crippen LogP contribution in [-0.2, 0) is 9.47 Å². The fourth-order valence-electron chi connectivity index (χ4n) is 3.08. The summed E-state index contributed by atoms with van der Waals surface area (Å²) in [5, 5.41) is 11.4. The highest BCUT2D eigenvalue weighted by molar-refractivity contribution is 5.99. The molecule has 0 spiro atoms. The number of rotatable bonds is 7. The second-order valence-corrected chi connectivity index (χ2v) is 5.53. The van der Waals surface area contributed by atoms with Gasteiger partial charge in [0, 0.05) is 26.8 Å². The van der Waals surface area contributed by atoms with E-state index in [4.69, 9.17) is 18.9 Å². The zero-order valence-electron chi connectivity index (χ0n) is 14.7. The quantitative estimate of drug-likeness (QED) is 0.418. The fraction of sp³-hybridized carbons (Fsp3) is 0.562. The van der Waals surface area contributed by atoms with Crippen molar-refractivity contribution in [2.24, 2.45) is 0 Å². The van der Waals surface area contributed by atoms with Crippen molar-refractivity contribution in [3.8, 4) is 11.5 Å². The minimum absolute atomic E-state index is 0.0551. The van der Waals surface area contributed by atoms with E-state index in [1.54, 1.807) is 4.90 Å². The molecule has 9 nitrogen and oxygen atoms in total. The lowest BCUT2D eigenvalue weighted by molar-refractivity contribution is -0.385. The molecule has 1 aliphatic rings. The van der Waals surface area contributed by atoms with Crippen molar-refractivity contribution in [3.05, 3.63) is 27.8 Å². The number of hydrogen-bond acceptors (Lipinski definition) is 7. The van der Waals surface area contributed by atoms with Crippen LogP contribution in [0.4, 0.5) is 5.69 Å². The Bertz CT molecular complexity index is 646. The molecule has 1 amide bonds. The summed E-state index contributed by atoms with van der Waals surface area (Å²) in [6.45, 7) is 0.470. The molecular weight excluding hydrogens is 332 g/mol. The van der Waals surface area contributed by atoms with Gasteiger partial charge < -0.3 is 23.8 Å². The number of likely N-dealkylation sites (tertiary alicyclic amines) is 1. The van der Waals surface area contributed by atoms with E-state index in [-0.39, 0.29) is 28.8 Å². The van der Waals surface area contributed by atoms with Crippen LogP contribution in [0.1, 0.15) is 23.2 Å². The molecular formula is C16H22N2O7. The molecule has 25 heavy (non-hydrogen) atoms. The largest absolute Gasteiger partial charge is 0.493 e. The third-order valence-electron chi connectivity index (χ3n) is 4.27. The van der Waals surface area contributed by atoms with Crippen LogP contribution in [0.5, 0.6) is 11.5 Å². The van der Waals surface area contributed by atoms with Crippen molar-refractivity contribution < 1.29 is 28.7 Å². The minimum atomic E-state index is -0.607. The van der Waals surface area contributed by atoms with Crippen molar-refractivity contribution in [2.45, 2.75) is 25.2 Å². The Morgan fingerprint density at radius 2 is 1.80 bits per heavy atom. The SMILES string of the molecule is COc1cc(C(=O)N2CCC[C@H]2C(OC)OC)c([N+](=O)[O-])cc1OC. The van der Waals surface area contributed by atoms with Crippen LogP contribution in [0, 0.1) is 10.1 Å². The van der Waals surface area contributed by atoms with Gasteiger partial charge in [-0.3, -0.25) is 14.9 Å². The number of hydrogen-bond donors (Lipinski definition) is 0. The maximum atomic E-state index is 13.0. The zero-order valence-corrected chi connectivity index (χ0v) is 14.7. The van der Waals surface area contributed by atoms with Crippen molar-refractivity contribution in [1.29, 1.82) is 0 Å². The van der Waals surface area contributed by atoms with E-state index < -0.39 is 17.1 Å². The van der Waals surface area contributed by atoms with E-state index in [1.165, 1.54) is 40.6 Å². The minimum Gasteiger partial charge on any atom is -0.493 e. The average Bonchev–Trinajstić information content (AvgIpc) is 3.10. The summed E-state index contributed by atoms with van der Waals surface area (Å²) in [6.07, 6.45) is 0.866. The summed E-state index contributed by atoms with van der Waals surface area (Å²) in [5.74, 6) is -0.0214. The third kappa shape index (κ3) is 3.67. The number of nitro benzene ring substituents is 1. The second-order valence-electron chi connectivity index (χ2n) is 5.53. The van der Waals surface area contributed by atoms with Gasteiger partial charge >= 0.3 is 0 Å². The van der Waals surface area contributed by atoms with Gasteiger partial charge in [-0.2, -0.15) is 0 Å². The Hall–Kier alpha value is -2.39. The molecule has 0 N–H and O–H groups in total. The lowest BCUT2D eigenvalue weighted by Crippen LogP contribution is -2.44. The molecule has 0 radical (unpaired) electrons. The van der Waals surface area contributed by atoms with E-state index in [1.807, 2.05) is 0 Å². The number of carbonyl (C=O) groups excluding carboxylic acids is 1. The van der Waals surface area contributed by atoms with E-state index in [0.29, 0.717) is 13.0 Å². The molecule has 1 aromatic carbocycles. The lowest BCUT2D eigenvalue weighted by Gasteiger charge is -2.29. The maximum absolute atomic E-state index is 13.0. The topological polar surface area (TPSA) is 100 Å². The highest BCUT2D eigenvalue weighted by atomic mass is 16.7. The van der Waals surface area contributed by atoms with E-state index in [9.17, 15) is 14.9 Å². The second kappa shape index (κ2) is 8.13. The first-order valence-electron chi connectivity index (χ1n) is 7.75. The summed E-state index contributed by atoms with van der Waals surface area (Å²) < 4.78 is 20.8. The smallest absolute Gasteiger partial charge is 0.286 e. The molecule has 0 bridgehead atoms. The Kier molecular flexibility index (Phi) is 6.16. The standard InChI is InChI=1S/C16H22N2O7/c1-22-13-8-10(12(18(20)21)9-14(13)23-2)15(19)17-7-5-6-11(17)16(24-3)25-4/h8-9,11,16H,5-7H2,1-4H3/t11-/m0/s1. The van der Waals surface area contributed by atoms with Crippen LogP contribution in [-0.4, -0.2) is 63.0 Å². The first kappa shape index (κ1) is 18.9. The van der Waals surface area contributed by atoms with E-state index in [0.717, 1.165) is 6.42 Å². The van der Waals surface area contributed by atoms with Crippen LogP contribution in [0.2, 0.25) is 0 Å². The molecule has 1 atom stereocenters. The van der Waals surface area contributed by atoms with Gasteiger partial charge in [0.05, 0.1) is 31.3 Å². The summed E-state index contributed by atoms with van der Waals surface area (Å²) >= 11 is 0. The van der Waals surface area contributed by atoms with Gasteiger partial charge in [-0.15, -0.1) is 0 Å². The molecule has 1 aromatic rings. The molecule has 0 saturated carbocycles. The molecule has 0 aliphatic carbocycles. The Balaban J connectivity index is 2.45. The lowest BCUT2D eigenvalue weighted by atomic mass is 10.1. The van der Waals surface area contributed by atoms with Gasteiger partial charge in [0.15, 0.2) is 17.8 Å². The first-order valence-corrected chi connectivity index (χ1v) is 7.75. The van der Waals surface area contributed by atoms with Gasteiger partial charge in [-0.25, -0.2) is 0 Å². The Morgan fingerprint density at radius 1 is 1.20 bits per heavy atom. The fourth-order valence-corrected chi connectivity index (χ4v) is 3.08. The molecule has 0 unspecified atom stereocenters. The van der Waals surface area contributed by atoms with Crippen molar-refractivity contribution in [3.63, 3.8) is 0 Å². The highest BCUT2D eigenvalue weighted by Gasteiger charge is 2.38. The van der Waals surface area contributed by atoms with Gasteiger partial charge in [0.2, 0.25) is 0 Å². The van der Waals surface area contributed by atoms with Crippen LogP contribution in [0.3, 0.4) is 0 Å². The number of amides is 1. The number of carbonyl (C=O) groups is 1. The first-order chi connectivity index (χ1) is 12.0. The Morgan fingerprint density at radius 3 is 2.32 bits per heavy atom. The Labute approximate surface area is 145 Å². The predicted octanol–water partition coefficient (Wildman–Crippen LogP) is 1.84. The summed E-state index contributed by atoms with van der Waals surface area (Å²) in [6, 6.07) is 2.22. The van der Waals surface area contributed by atoms with Crippen molar-refractivity contribution in [2.75, 3.05) is 35.0 Å². The van der Waals surface area contributed by atoms with Crippen LogP contribution < -0.4 is 9.47 Å². The van der Waals surface area contributed by atoms with Crippen molar-refractivity contribution >= 4 is 11.6 Å². The normalized spacial score (nSPS) is 17.0. The van der Waals surface area contributed by atoms with Gasteiger partial charge in [-0.05, 0) is 12.8 Å². The number of benzene rings is 1. The van der Waals surface area contributed by atoms with E-state index in [2.05, 4.69) is 0 Å². The van der Waals surface area contributed by atoms with Crippen LogP contribution in [0.25, 0.3) is 0 Å². The molecule has 0 aromatic heterocycles. The predicted molar refractivity (Wildman–Crippen MR) is 88.1 cm³/mol. The van der Waals surface area contributed by atoms with Gasteiger partial charge in [-0.1, -0.05) is 0 Å². The number of nitro groups is 1. The zero-order chi connectivity index (χ0) is 18.6. The summed E-state index contributed by atoms with van der Waals surface area (Å²) in [5.41, 5.74) is -0.389. The summed E-state index contributed by atoms with van der Waals surface area (Å²) in [4.78, 5) is 25.4. The van der Waals surface area contributed by atoms with Crippen LogP contribution in [0.15, 0.2) is 12.1 Å². The maximum Gasteiger partial charge on any atom is 0.286 e. The number of methoxy groups -OCH3 is 4.